The van der Waals surface area contributed by atoms with Gasteiger partial charge in [0.2, 0.25) is 0 Å². The molecular weight excluding hydrogens is 408 g/mol. The average Bonchev–Trinajstić information content (AvgIpc) is 2.79. The molecule has 0 radical (unpaired) electrons. The molecule has 5 heteroatoms. The molecule has 0 spiro atoms. The Balaban J connectivity index is 1.44. The number of anilines is 1. The molecule has 0 aliphatic carbocycles. The zero-order valence-electron chi connectivity index (χ0n) is 20.4. The van der Waals surface area contributed by atoms with Crippen molar-refractivity contribution in [2.75, 3.05) is 37.6 Å². The average molecular weight is 445 g/mol. The largest absolute Gasteiger partial charge is 0.391 e. The number of nitrogens with zero attached hydrogens (tertiary/aromatic N) is 4. The number of aliphatic hydroxyl groups excluding tert-OH is 1. The molecule has 4 rings (SSSR count). The molecule has 2 aromatic carbocycles. The molecule has 174 valence electrons. The first-order valence-corrected chi connectivity index (χ1v) is 12.0. The Labute approximate surface area is 198 Å². The van der Waals surface area contributed by atoms with Gasteiger partial charge in [0.05, 0.1) is 6.10 Å². The van der Waals surface area contributed by atoms with E-state index in [0.29, 0.717) is 13.0 Å². The Hall–Kier alpha value is -2.76. The monoisotopic (exact) mass is 444 g/mol. The van der Waals surface area contributed by atoms with E-state index in [-0.39, 0.29) is 6.10 Å². The third kappa shape index (κ3) is 5.98. The Morgan fingerprint density at radius 2 is 1.64 bits per heavy atom. The van der Waals surface area contributed by atoms with Crippen LogP contribution in [0.3, 0.4) is 0 Å². The van der Waals surface area contributed by atoms with Crippen LogP contribution in [0.25, 0.3) is 0 Å². The summed E-state index contributed by atoms with van der Waals surface area (Å²) in [6.45, 7) is 12.8. The van der Waals surface area contributed by atoms with Gasteiger partial charge in [-0.2, -0.15) is 0 Å². The maximum Gasteiger partial charge on any atom is 0.136 e. The number of benzene rings is 2. The van der Waals surface area contributed by atoms with E-state index < -0.39 is 0 Å². The van der Waals surface area contributed by atoms with E-state index in [1.165, 1.54) is 27.8 Å². The van der Waals surface area contributed by atoms with Gasteiger partial charge in [0.15, 0.2) is 0 Å². The molecule has 1 aromatic heterocycles. The number of hydrogen-bond donors (Lipinski definition) is 1. The number of rotatable bonds is 7. The number of β-amino-alcohol motifs (C(OH)–C–C–N with tert-alkyl or cyclic N) is 1. The normalized spacial score (nSPS) is 15.6. The summed E-state index contributed by atoms with van der Waals surface area (Å²) in [5.74, 6) is 1.90. The Morgan fingerprint density at radius 1 is 0.909 bits per heavy atom. The number of aromatic nitrogens is 2. The van der Waals surface area contributed by atoms with Gasteiger partial charge in [-0.05, 0) is 50.8 Å². The Bertz CT molecular complexity index is 1070. The number of hydrogen-bond acceptors (Lipinski definition) is 5. The molecule has 1 aliphatic heterocycles. The second kappa shape index (κ2) is 10.4. The highest BCUT2D eigenvalue weighted by Gasteiger charge is 2.24. The molecule has 2 heterocycles. The van der Waals surface area contributed by atoms with Gasteiger partial charge in [-0.25, -0.2) is 9.97 Å². The van der Waals surface area contributed by atoms with Gasteiger partial charge in [-0.15, -0.1) is 0 Å². The van der Waals surface area contributed by atoms with Crippen molar-refractivity contribution in [2.24, 2.45) is 0 Å². The summed E-state index contributed by atoms with van der Waals surface area (Å²) in [6.07, 6.45) is 1.21. The smallest absolute Gasteiger partial charge is 0.136 e. The summed E-state index contributed by atoms with van der Waals surface area (Å²) in [5.41, 5.74) is 7.42. The molecule has 1 aliphatic rings. The minimum Gasteiger partial charge on any atom is -0.391 e. The predicted molar refractivity (Wildman–Crippen MR) is 135 cm³/mol. The lowest BCUT2D eigenvalue weighted by atomic mass is 9.97. The standard InChI is InChI=1S/C28H36N4O/c1-20-10-11-21(2)25(16-20)18-27-22(3)29-23(4)30-28(27)32-14-12-31(13-15-32)19-26(33)17-24-8-6-5-7-9-24/h5-11,16,26,33H,12-15,17-19H2,1-4H3/t26-/m1/s1. The van der Waals surface area contributed by atoms with Gasteiger partial charge in [0, 0.05) is 50.4 Å². The maximum absolute atomic E-state index is 10.6. The summed E-state index contributed by atoms with van der Waals surface area (Å²) in [6, 6.07) is 16.9. The van der Waals surface area contributed by atoms with Crippen LogP contribution in [0.15, 0.2) is 48.5 Å². The van der Waals surface area contributed by atoms with Crippen molar-refractivity contribution in [2.45, 2.75) is 46.6 Å². The summed E-state index contributed by atoms with van der Waals surface area (Å²) < 4.78 is 0. The lowest BCUT2D eigenvalue weighted by Crippen LogP contribution is -2.49. The fraction of sp³-hybridized carbons (Fsp3) is 0.429. The first-order valence-electron chi connectivity index (χ1n) is 12.0. The van der Waals surface area contributed by atoms with Gasteiger partial charge < -0.3 is 10.0 Å². The van der Waals surface area contributed by atoms with E-state index in [2.05, 4.69) is 60.9 Å². The minimum atomic E-state index is -0.345. The molecule has 1 atom stereocenters. The van der Waals surface area contributed by atoms with E-state index in [1.807, 2.05) is 25.1 Å². The topological polar surface area (TPSA) is 52.5 Å². The lowest BCUT2D eigenvalue weighted by Gasteiger charge is -2.37. The number of aryl methyl sites for hydroxylation is 4. The third-order valence-electron chi connectivity index (χ3n) is 6.63. The van der Waals surface area contributed by atoms with Crippen LogP contribution in [-0.4, -0.2) is 58.8 Å². The van der Waals surface area contributed by atoms with Crippen LogP contribution in [-0.2, 0) is 12.8 Å². The molecule has 0 saturated carbocycles. The molecule has 33 heavy (non-hydrogen) atoms. The summed E-state index contributed by atoms with van der Waals surface area (Å²) in [4.78, 5) is 14.4. The molecule has 0 amide bonds. The van der Waals surface area contributed by atoms with Crippen LogP contribution in [0.5, 0.6) is 0 Å². The SMILES string of the molecule is Cc1ccc(C)c(Cc2c(C)nc(C)nc2N2CCN(C[C@H](O)Cc3ccccc3)CC2)c1. The second-order valence-electron chi connectivity index (χ2n) is 9.40. The molecule has 1 fully saturated rings. The van der Waals surface area contributed by atoms with Crippen molar-refractivity contribution in [1.82, 2.24) is 14.9 Å². The highest BCUT2D eigenvalue weighted by atomic mass is 16.3. The van der Waals surface area contributed by atoms with Gasteiger partial charge in [-0.3, -0.25) is 4.90 Å². The van der Waals surface area contributed by atoms with Crippen molar-refractivity contribution in [3.63, 3.8) is 0 Å². The summed E-state index contributed by atoms with van der Waals surface area (Å²) in [5, 5.41) is 10.6. The van der Waals surface area contributed by atoms with Gasteiger partial charge in [-0.1, -0.05) is 54.1 Å². The lowest BCUT2D eigenvalue weighted by molar-refractivity contribution is 0.109. The van der Waals surface area contributed by atoms with Crippen LogP contribution in [0.2, 0.25) is 0 Å². The van der Waals surface area contributed by atoms with Crippen LogP contribution in [0.1, 0.15) is 39.3 Å². The van der Waals surface area contributed by atoms with Crippen LogP contribution in [0.4, 0.5) is 5.82 Å². The second-order valence-corrected chi connectivity index (χ2v) is 9.40. The molecule has 1 saturated heterocycles. The zero-order chi connectivity index (χ0) is 23.4. The Morgan fingerprint density at radius 3 is 2.36 bits per heavy atom. The molecule has 5 nitrogen and oxygen atoms in total. The van der Waals surface area contributed by atoms with E-state index in [9.17, 15) is 5.11 Å². The van der Waals surface area contributed by atoms with Crippen molar-refractivity contribution >= 4 is 5.82 Å². The quantitative estimate of drug-likeness (QED) is 0.596. The third-order valence-corrected chi connectivity index (χ3v) is 6.63. The van der Waals surface area contributed by atoms with Crippen molar-refractivity contribution in [3.8, 4) is 0 Å². The first-order chi connectivity index (χ1) is 15.9. The van der Waals surface area contributed by atoms with E-state index in [1.54, 1.807) is 0 Å². The number of piperazine rings is 1. The van der Waals surface area contributed by atoms with Crippen LogP contribution < -0.4 is 4.90 Å². The first kappa shape index (κ1) is 23.4. The van der Waals surface area contributed by atoms with Gasteiger partial charge >= 0.3 is 0 Å². The van der Waals surface area contributed by atoms with E-state index in [0.717, 1.165) is 49.9 Å². The van der Waals surface area contributed by atoms with Crippen LogP contribution >= 0.6 is 0 Å². The molecular formula is C28H36N4O. The van der Waals surface area contributed by atoms with Crippen molar-refractivity contribution < 1.29 is 5.11 Å². The Kier molecular flexibility index (Phi) is 7.41. The van der Waals surface area contributed by atoms with E-state index >= 15 is 0 Å². The maximum atomic E-state index is 10.6. The zero-order valence-corrected chi connectivity index (χ0v) is 20.4. The fourth-order valence-corrected chi connectivity index (χ4v) is 4.76. The molecule has 1 N–H and O–H groups in total. The molecule has 3 aromatic rings. The van der Waals surface area contributed by atoms with Crippen molar-refractivity contribution in [1.29, 1.82) is 0 Å². The minimum absolute atomic E-state index is 0.345. The summed E-state index contributed by atoms with van der Waals surface area (Å²) >= 11 is 0. The predicted octanol–water partition coefficient (Wildman–Crippen LogP) is 4.03. The highest BCUT2D eigenvalue weighted by Crippen LogP contribution is 2.26. The molecule has 0 bridgehead atoms. The van der Waals surface area contributed by atoms with Gasteiger partial charge in [0.25, 0.3) is 0 Å². The molecule has 0 unspecified atom stereocenters. The van der Waals surface area contributed by atoms with Crippen LogP contribution in [0, 0.1) is 27.7 Å². The number of aliphatic hydroxyl groups is 1. The van der Waals surface area contributed by atoms with Crippen molar-refractivity contribution in [3.05, 3.63) is 87.9 Å². The highest BCUT2D eigenvalue weighted by molar-refractivity contribution is 5.52. The van der Waals surface area contributed by atoms with E-state index in [4.69, 9.17) is 9.97 Å². The fourth-order valence-electron chi connectivity index (χ4n) is 4.76. The summed E-state index contributed by atoms with van der Waals surface area (Å²) in [7, 11) is 0. The van der Waals surface area contributed by atoms with Gasteiger partial charge in [0.1, 0.15) is 11.6 Å².